The molecule has 2 aromatic rings. The number of anilines is 1. The molecular formula is C25H38ClFN2O3Si. The van der Waals surface area contributed by atoms with Gasteiger partial charge in [0.1, 0.15) is 16.5 Å². The fourth-order valence-corrected chi connectivity index (χ4v) is 4.70. The molecule has 0 spiro atoms. The molecule has 0 amide bonds. The number of unbranched alkanes of at least 4 members (excludes halogenated alkanes) is 1. The zero-order chi connectivity index (χ0) is 25.0. The van der Waals surface area contributed by atoms with Crippen molar-refractivity contribution in [2.45, 2.75) is 84.5 Å². The van der Waals surface area contributed by atoms with Crippen molar-refractivity contribution in [1.82, 2.24) is 4.98 Å². The predicted molar refractivity (Wildman–Crippen MR) is 137 cm³/mol. The van der Waals surface area contributed by atoms with Crippen LogP contribution in [0.15, 0.2) is 18.2 Å². The molecule has 8 heteroatoms. The smallest absolute Gasteiger partial charge is 0.343 e. The topological polar surface area (TPSA) is 60.5 Å². The number of ether oxygens (including phenoxy) is 1. The van der Waals surface area contributed by atoms with Crippen molar-refractivity contribution in [3.8, 4) is 0 Å². The van der Waals surface area contributed by atoms with E-state index in [-0.39, 0.29) is 22.4 Å². The minimum absolute atomic E-state index is 0.0165. The fraction of sp³-hybridized carbons (Fsp3) is 0.600. The van der Waals surface area contributed by atoms with Gasteiger partial charge in [-0.3, -0.25) is 0 Å². The summed E-state index contributed by atoms with van der Waals surface area (Å²) < 4.78 is 25.8. The van der Waals surface area contributed by atoms with E-state index in [9.17, 15) is 9.18 Å². The van der Waals surface area contributed by atoms with Crippen LogP contribution in [0.2, 0.25) is 23.3 Å². The third-order valence-electron chi connectivity index (χ3n) is 6.45. The van der Waals surface area contributed by atoms with E-state index in [0.29, 0.717) is 23.2 Å². The predicted octanol–water partition coefficient (Wildman–Crippen LogP) is 7.59. The molecule has 2 rings (SSSR count). The summed E-state index contributed by atoms with van der Waals surface area (Å²) in [6.07, 6.45) is 2.82. The van der Waals surface area contributed by atoms with Crippen LogP contribution in [0.25, 0.3) is 10.9 Å². The normalized spacial score (nSPS) is 14.2. The molecule has 1 heterocycles. The first-order chi connectivity index (χ1) is 15.2. The zero-order valence-electron chi connectivity index (χ0n) is 21.2. The first-order valence-corrected chi connectivity index (χ1v) is 14.9. The maximum atomic E-state index is 13.9. The van der Waals surface area contributed by atoms with Crippen LogP contribution in [0.1, 0.15) is 71.2 Å². The molecule has 0 aliphatic rings. The summed E-state index contributed by atoms with van der Waals surface area (Å²) in [7, 11) is -2.01. The molecule has 0 saturated heterocycles. The number of hydrogen-bond donors (Lipinski definition) is 1. The average molecular weight is 497 g/mol. The number of esters is 1. The lowest BCUT2D eigenvalue weighted by atomic mass is 9.94. The van der Waals surface area contributed by atoms with Crippen molar-refractivity contribution < 1.29 is 18.3 Å². The molecule has 0 radical (unpaired) electrons. The third-order valence-corrected chi connectivity index (χ3v) is 11.2. The van der Waals surface area contributed by atoms with Gasteiger partial charge in [-0.15, -0.1) is 0 Å². The first kappa shape index (κ1) is 27.5. The van der Waals surface area contributed by atoms with Crippen molar-refractivity contribution in [1.29, 1.82) is 0 Å². The van der Waals surface area contributed by atoms with E-state index in [1.54, 1.807) is 13.0 Å². The third kappa shape index (κ3) is 6.67. The highest BCUT2D eigenvalue weighted by Crippen LogP contribution is 2.39. The van der Waals surface area contributed by atoms with Crippen molar-refractivity contribution in [2.24, 2.45) is 0 Å². The summed E-state index contributed by atoms with van der Waals surface area (Å²) in [5.41, 5.74) is 0.547. The Bertz CT molecular complexity index is 994. The molecule has 33 heavy (non-hydrogen) atoms. The average Bonchev–Trinajstić information content (AvgIpc) is 2.70. The molecule has 1 aromatic heterocycles. The lowest BCUT2D eigenvalue weighted by Gasteiger charge is -2.41. The molecule has 1 atom stereocenters. The van der Waals surface area contributed by atoms with Gasteiger partial charge in [0.05, 0.1) is 30.0 Å². The number of benzene rings is 1. The zero-order valence-corrected chi connectivity index (χ0v) is 23.0. The number of aromatic nitrogens is 1. The SMILES string of the molecule is CCCC[C@](C)(CO[Si](C)(C)C(C)(C)C)Nc1c(C(=O)OCC)c(Cl)nc2cc(F)ccc12. The highest BCUT2D eigenvalue weighted by Gasteiger charge is 2.39. The van der Waals surface area contributed by atoms with Crippen LogP contribution in [0.5, 0.6) is 0 Å². The highest BCUT2D eigenvalue weighted by molar-refractivity contribution is 6.74. The van der Waals surface area contributed by atoms with Crippen LogP contribution in [-0.2, 0) is 9.16 Å². The number of nitrogens with zero attached hydrogens (tertiary/aromatic N) is 1. The molecule has 184 valence electrons. The summed E-state index contributed by atoms with van der Waals surface area (Å²) in [5.74, 6) is -0.984. The number of nitrogens with one attached hydrogen (secondary N) is 1. The molecule has 0 aliphatic carbocycles. The number of halogens is 2. The van der Waals surface area contributed by atoms with Gasteiger partial charge in [0.15, 0.2) is 8.32 Å². The van der Waals surface area contributed by atoms with Crippen molar-refractivity contribution in [2.75, 3.05) is 18.5 Å². The van der Waals surface area contributed by atoms with Gasteiger partial charge < -0.3 is 14.5 Å². The Morgan fingerprint density at radius 3 is 2.45 bits per heavy atom. The summed E-state index contributed by atoms with van der Waals surface area (Å²) >= 11 is 6.44. The molecule has 0 saturated carbocycles. The van der Waals surface area contributed by atoms with E-state index in [1.165, 1.54) is 12.1 Å². The van der Waals surface area contributed by atoms with Crippen molar-refractivity contribution >= 4 is 42.5 Å². The van der Waals surface area contributed by atoms with E-state index in [2.05, 4.69) is 58.0 Å². The molecule has 0 unspecified atom stereocenters. The van der Waals surface area contributed by atoms with Gasteiger partial charge in [-0.1, -0.05) is 52.1 Å². The van der Waals surface area contributed by atoms with Crippen LogP contribution >= 0.6 is 11.6 Å². The maximum absolute atomic E-state index is 13.9. The molecule has 1 N–H and O–H groups in total. The van der Waals surface area contributed by atoms with Gasteiger partial charge in [0, 0.05) is 11.5 Å². The standard InChI is InChI=1S/C25H38ClFN2O3Si/c1-9-11-14-25(6,16-32-33(7,8)24(3,4)5)29-21-18-13-12-17(27)15-19(18)28-22(26)20(21)23(30)31-10-2/h12-13,15H,9-11,14,16H2,1-8H3,(H,28,29)/t25-/m1/s1. The van der Waals surface area contributed by atoms with E-state index in [0.717, 1.165) is 19.3 Å². The molecule has 1 aromatic carbocycles. The van der Waals surface area contributed by atoms with Crippen molar-refractivity contribution in [3.63, 3.8) is 0 Å². The molecule has 0 bridgehead atoms. The molecular weight excluding hydrogens is 459 g/mol. The largest absolute Gasteiger partial charge is 0.462 e. The highest BCUT2D eigenvalue weighted by atomic mass is 35.5. The van der Waals surface area contributed by atoms with Gasteiger partial charge in [0.25, 0.3) is 0 Å². The summed E-state index contributed by atoms with van der Waals surface area (Å²) in [6.45, 7) is 17.7. The van der Waals surface area contributed by atoms with E-state index in [1.807, 2.05) is 0 Å². The van der Waals surface area contributed by atoms with E-state index >= 15 is 0 Å². The first-order valence-electron chi connectivity index (χ1n) is 11.6. The van der Waals surface area contributed by atoms with Gasteiger partial charge >= 0.3 is 5.97 Å². The van der Waals surface area contributed by atoms with Crippen molar-refractivity contribution in [3.05, 3.63) is 34.7 Å². The quantitative estimate of drug-likeness (QED) is 0.208. The number of hydrogen-bond acceptors (Lipinski definition) is 5. The van der Waals surface area contributed by atoms with E-state index < -0.39 is 25.6 Å². The summed E-state index contributed by atoms with van der Waals surface area (Å²) in [6, 6.07) is 4.29. The van der Waals surface area contributed by atoms with Crippen LogP contribution in [-0.4, -0.2) is 38.0 Å². The van der Waals surface area contributed by atoms with Gasteiger partial charge in [-0.2, -0.15) is 0 Å². The molecule has 0 fully saturated rings. The second-order valence-electron chi connectivity index (χ2n) is 10.4. The Hall–Kier alpha value is -1.70. The number of pyridine rings is 1. The summed E-state index contributed by atoms with van der Waals surface area (Å²) in [5, 5.41) is 4.24. The van der Waals surface area contributed by atoms with Crippen LogP contribution in [0.4, 0.5) is 10.1 Å². The Morgan fingerprint density at radius 1 is 1.21 bits per heavy atom. The van der Waals surface area contributed by atoms with Crippen LogP contribution in [0.3, 0.4) is 0 Å². The minimum atomic E-state index is -2.01. The fourth-order valence-electron chi connectivity index (χ4n) is 3.32. The van der Waals surface area contributed by atoms with Gasteiger partial charge in [0.2, 0.25) is 0 Å². The van der Waals surface area contributed by atoms with E-state index in [4.69, 9.17) is 20.8 Å². The minimum Gasteiger partial charge on any atom is -0.462 e. The van der Waals surface area contributed by atoms with Gasteiger partial charge in [-0.05, 0) is 50.5 Å². The number of carbonyl (C=O) groups is 1. The second-order valence-corrected chi connectivity index (χ2v) is 15.5. The Morgan fingerprint density at radius 2 is 1.88 bits per heavy atom. The monoisotopic (exact) mass is 496 g/mol. The number of fused-ring (bicyclic) bond motifs is 1. The number of rotatable bonds is 10. The lowest BCUT2D eigenvalue weighted by Crippen LogP contribution is -2.48. The Labute approximate surface area is 203 Å². The molecule has 5 nitrogen and oxygen atoms in total. The number of carbonyl (C=O) groups excluding carboxylic acids is 1. The van der Waals surface area contributed by atoms with Crippen LogP contribution < -0.4 is 5.32 Å². The lowest BCUT2D eigenvalue weighted by molar-refractivity contribution is 0.0527. The summed E-state index contributed by atoms with van der Waals surface area (Å²) in [4.78, 5) is 17.1. The van der Waals surface area contributed by atoms with Crippen LogP contribution in [0, 0.1) is 5.82 Å². The Kier molecular flexibility index (Phi) is 8.93. The Balaban J connectivity index is 2.60. The maximum Gasteiger partial charge on any atom is 0.343 e. The second kappa shape index (κ2) is 10.7. The van der Waals surface area contributed by atoms with Gasteiger partial charge in [-0.25, -0.2) is 14.2 Å². The molecule has 0 aliphatic heterocycles.